The van der Waals surface area contributed by atoms with Gasteiger partial charge in [0.05, 0.1) is 23.9 Å². The Bertz CT molecular complexity index is 1900. The van der Waals surface area contributed by atoms with Crippen molar-refractivity contribution < 1.29 is 49.9 Å². The van der Waals surface area contributed by atoms with Crippen LogP contribution in [0.5, 0.6) is 0 Å². The molecule has 2 aliphatic heterocycles. The molecule has 0 spiro atoms. The van der Waals surface area contributed by atoms with Crippen LogP contribution in [0.15, 0.2) is 55.1 Å². The van der Waals surface area contributed by atoms with E-state index < -0.39 is 92.1 Å². The number of likely N-dealkylation sites (tertiary alicyclic amines) is 1. The fourth-order valence-electron chi connectivity index (χ4n) is 7.07. The summed E-state index contributed by atoms with van der Waals surface area (Å²) in [5, 5.41) is 1.97. The number of rotatable bonds is 11. The monoisotopic (exact) mass is 748 g/mol. The molecule has 1 saturated heterocycles. The average molecular weight is 749 g/mol. The van der Waals surface area contributed by atoms with E-state index in [2.05, 4.69) is 16.6 Å². The fraction of sp³-hybridized carbons (Fsp3) is 0.500. The zero-order valence-electron chi connectivity index (χ0n) is 28.6. The summed E-state index contributed by atoms with van der Waals surface area (Å²) in [7, 11) is -3.96. The van der Waals surface area contributed by atoms with Crippen molar-refractivity contribution in [1.29, 1.82) is 0 Å². The van der Waals surface area contributed by atoms with Gasteiger partial charge in [-0.15, -0.1) is 6.58 Å². The van der Waals surface area contributed by atoms with Crippen LogP contribution in [0.25, 0.3) is 0 Å². The molecule has 4 aliphatic rings. The van der Waals surface area contributed by atoms with Gasteiger partial charge in [0.15, 0.2) is 0 Å². The van der Waals surface area contributed by atoms with Crippen LogP contribution in [-0.2, 0) is 54.8 Å². The standard InChI is InChI=1S/C36H40F4N4O7S/c1-4-23-16-35(23,33(47)42-52(49,50)26-11-12-26)41-31(45)30-15-25(51-34(48)43-17-22-8-6-10-29(37)28(22)19-43)18-44(30)32(46)27(20(2)3)14-21-7-5-9-24(13-21)36(38,39)40/h4-10,13,20,23,25-27,30H,1,11-12,14-19H2,2-3H3,(H,41,45)(H,42,47)/t23-,25-,27+,30+,35-/m1/s1. The lowest BCUT2D eigenvalue weighted by molar-refractivity contribution is -0.143. The number of alkyl halides is 3. The number of halogens is 4. The topological polar surface area (TPSA) is 142 Å². The van der Waals surface area contributed by atoms with Gasteiger partial charge in [0, 0.05) is 30.4 Å². The molecule has 52 heavy (non-hydrogen) atoms. The van der Waals surface area contributed by atoms with Crippen molar-refractivity contribution in [3.05, 3.63) is 83.2 Å². The summed E-state index contributed by atoms with van der Waals surface area (Å²) in [6.07, 6.45) is -4.40. The van der Waals surface area contributed by atoms with Gasteiger partial charge in [-0.1, -0.05) is 50.3 Å². The first-order valence-electron chi connectivity index (χ1n) is 17.1. The van der Waals surface area contributed by atoms with E-state index in [-0.39, 0.29) is 44.5 Å². The van der Waals surface area contributed by atoms with Gasteiger partial charge >= 0.3 is 12.3 Å². The normalized spacial score (nSPS) is 24.6. The summed E-state index contributed by atoms with van der Waals surface area (Å²) >= 11 is 0. The molecule has 3 fully saturated rings. The molecule has 5 atom stereocenters. The summed E-state index contributed by atoms with van der Waals surface area (Å²) in [4.78, 5) is 57.6. The number of amides is 4. The maximum absolute atomic E-state index is 14.4. The van der Waals surface area contributed by atoms with Crippen molar-refractivity contribution in [2.45, 2.75) is 88.2 Å². The Balaban J connectivity index is 1.24. The van der Waals surface area contributed by atoms with E-state index in [4.69, 9.17) is 4.74 Å². The van der Waals surface area contributed by atoms with Gasteiger partial charge < -0.3 is 15.0 Å². The highest BCUT2D eigenvalue weighted by atomic mass is 32.2. The second kappa shape index (κ2) is 13.8. The zero-order chi connectivity index (χ0) is 37.7. The number of sulfonamides is 1. The van der Waals surface area contributed by atoms with E-state index in [9.17, 15) is 45.2 Å². The number of hydrogen-bond donors (Lipinski definition) is 2. The third kappa shape index (κ3) is 7.53. The molecule has 280 valence electrons. The van der Waals surface area contributed by atoms with Crippen molar-refractivity contribution in [2.24, 2.45) is 17.8 Å². The molecule has 11 nitrogen and oxygen atoms in total. The molecule has 0 radical (unpaired) electrons. The van der Waals surface area contributed by atoms with Crippen molar-refractivity contribution in [3.8, 4) is 0 Å². The Morgan fingerprint density at radius 3 is 2.42 bits per heavy atom. The lowest BCUT2D eigenvalue weighted by atomic mass is 9.87. The molecule has 2 saturated carbocycles. The third-order valence-corrected chi connectivity index (χ3v) is 12.2. The third-order valence-electron chi connectivity index (χ3n) is 10.4. The number of benzene rings is 2. The molecule has 16 heteroatoms. The van der Waals surface area contributed by atoms with Crippen LogP contribution in [0.1, 0.15) is 61.8 Å². The van der Waals surface area contributed by atoms with Gasteiger partial charge in [0.2, 0.25) is 21.8 Å². The van der Waals surface area contributed by atoms with Crippen LogP contribution in [0.4, 0.5) is 22.4 Å². The zero-order valence-corrected chi connectivity index (χ0v) is 29.4. The first-order chi connectivity index (χ1) is 24.4. The number of hydrogen-bond acceptors (Lipinski definition) is 7. The van der Waals surface area contributed by atoms with Gasteiger partial charge in [0.25, 0.3) is 5.91 Å². The molecule has 0 bridgehead atoms. The molecule has 2 aliphatic carbocycles. The highest BCUT2D eigenvalue weighted by molar-refractivity contribution is 7.91. The summed E-state index contributed by atoms with van der Waals surface area (Å²) in [6, 6.07) is 7.84. The quantitative estimate of drug-likeness (QED) is 0.256. The van der Waals surface area contributed by atoms with Crippen LogP contribution < -0.4 is 10.0 Å². The van der Waals surface area contributed by atoms with Crippen molar-refractivity contribution in [1.82, 2.24) is 19.8 Å². The Morgan fingerprint density at radius 2 is 1.81 bits per heavy atom. The number of nitrogens with zero attached hydrogens (tertiary/aromatic N) is 2. The van der Waals surface area contributed by atoms with Crippen LogP contribution in [0.2, 0.25) is 0 Å². The Kier molecular flexibility index (Phi) is 9.91. The van der Waals surface area contributed by atoms with Gasteiger partial charge in [-0.25, -0.2) is 17.6 Å². The highest BCUT2D eigenvalue weighted by Gasteiger charge is 2.62. The smallest absolute Gasteiger partial charge is 0.416 e. The van der Waals surface area contributed by atoms with Crippen molar-refractivity contribution in [3.63, 3.8) is 0 Å². The maximum Gasteiger partial charge on any atom is 0.416 e. The molecule has 2 heterocycles. The van der Waals surface area contributed by atoms with E-state index >= 15 is 0 Å². The Hall–Kier alpha value is -4.47. The number of fused-ring (bicyclic) bond motifs is 1. The first-order valence-corrected chi connectivity index (χ1v) is 18.7. The molecular weight excluding hydrogens is 708 g/mol. The molecule has 6 rings (SSSR count). The van der Waals surface area contributed by atoms with E-state index in [0.29, 0.717) is 24.0 Å². The van der Waals surface area contributed by atoms with Crippen LogP contribution in [0.3, 0.4) is 0 Å². The number of carbonyl (C=O) groups excluding carboxylic acids is 4. The van der Waals surface area contributed by atoms with Crippen LogP contribution in [-0.4, -0.2) is 71.5 Å². The SMILES string of the molecule is C=C[C@@H]1C[C@]1(NC(=O)[C@@H]1C[C@@H](OC(=O)N2Cc3cccc(F)c3C2)CN1C(=O)[C@@H](Cc1cccc(C(F)(F)F)c1)C(C)C)C(=O)NS(=O)(=O)C1CC1. The molecule has 4 amide bonds. The lowest BCUT2D eigenvalue weighted by Crippen LogP contribution is -2.57. The number of ether oxygens (including phenoxy) is 1. The first kappa shape index (κ1) is 37.3. The van der Waals surface area contributed by atoms with Crippen LogP contribution >= 0.6 is 0 Å². The molecule has 2 aromatic carbocycles. The summed E-state index contributed by atoms with van der Waals surface area (Å²) in [5.74, 6) is -4.67. The van der Waals surface area contributed by atoms with E-state index in [1.165, 1.54) is 40.1 Å². The second-order valence-corrected chi connectivity index (χ2v) is 16.4. The summed E-state index contributed by atoms with van der Waals surface area (Å²) < 4.78 is 87.9. The van der Waals surface area contributed by atoms with Gasteiger partial charge in [0.1, 0.15) is 23.5 Å². The minimum absolute atomic E-state index is 0.0448. The Labute approximate surface area is 298 Å². The molecule has 0 aromatic heterocycles. The lowest BCUT2D eigenvalue weighted by Gasteiger charge is -2.31. The minimum atomic E-state index is -4.60. The highest BCUT2D eigenvalue weighted by Crippen LogP contribution is 2.45. The maximum atomic E-state index is 14.4. The van der Waals surface area contributed by atoms with E-state index in [0.717, 1.165) is 12.1 Å². The summed E-state index contributed by atoms with van der Waals surface area (Å²) in [5.41, 5.74) is -1.30. The minimum Gasteiger partial charge on any atom is -0.444 e. The van der Waals surface area contributed by atoms with Gasteiger partial charge in [-0.3, -0.25) is 24.0 Å². The molecule has 0 unspecified atom stereocenters. The van der Waals surface area contributed by atoms with Gasteiger partial charge in [-0.2, -0.15) is 13.2 Å². The van der Waals surface area contributed by atoms with E-state index in [1.54, 1.807) is 19.9 Å². The average Bonchev–Trinajstić information content (AvgIpc) is 3.97. The molecular formula is C36H40F4N4O7S. The Morgan fingerprint density at radius 1 is 1.10 bits per heavy atom. The number of carbonyl (C=O) groups is 4. The van der Waals surface area contributed by atoms with Gasteiger partial charge in [-0.05, 0) is 54.9 Å². The predicted molar refractivity (Wildman–Crippen MR) is 179 cm³/mol. The van der Waals surface area contributed by atoms with Crippen LogP contribution in [0, 0.1) is 23.6 Å². The van der Waals surface area contributed by atoms with Crippen molar-refractivity contribution >= 4 is 33.8 Å². The van der Waals surface area contributed by atoms with Crippen molar-refractivity contribution in [2.75, 3.05) is 6.54 Å². The second-order valence-electron chi connectivity index (χ2n) is 14.4. The van der Waals surface area contributed by atoms with E-state index in [1.807, 2.05) is 0 Å². The summed E-state index contributed by atoms with van der Waals surface area (Å²) in [6.45, 7) is 6.94. The molecule has 2 aromatic rings. The largest absolute Gasteiger partial charge is 0.444 e. The predicted octanol–water partition coefficient (Wildman–Crippen LogP) is 4.45. The fourth-order valence-corrected chi connectivity index (χ4v) is 8.43. The number of nitrogens with one attached hydrogen (secondary N) is 2. The molecule has 2 N–H and O–H groups in total.